The first kappa shape index (κ1) is 6.97. The molecule has 0 N–H and O–H groups in total. The summed E-state index contributed by atoms with van der Waals surface area (Å²) >= 11 is 1.63. The average molecular weight is 186 g/mol. The third kappa shape index (κ3) is 0.939. The molecule has 2 aromatic heterocycles. The first-order valence-electron chi connectivity index (χ1n) is 4.02. The van der Waals surface area contributed by atoms with E-state index in [4.69, 9.17) is 0 Å². The van der Waals surface area contributed by atoms with E-state index in [0.29, 0.717) is 0 Å². The van der Waals surface area contributed by atoms with E-state index >= 15 is 0 Å². The topological polar surface area (TPSA) is 25.8 Å². The second kappa shape index (κ2) is 2.50. The molecule has 1 aromatic carbocycles. The number of hydrogen-bond acceptors (Lipinski definition) is 3. The molecule has 62 valence electrons. The Hall–Kier alpha value is -1.48. The minimum absolute atomic E-state index is 1.01. The Morgan fingerprint density at radius 1 is 1.08 bits per heavy atom. The number of thiazole rings is 1. The molecule has 0 bridgehead atoms. The third-order valence-corrected chi connectivity index (χ3v) is 2.84. The molecule has 0 saturated carbocycles. The Bertz CT molecular complexity index is 571. The summed E-state index contributed by atoms with van der Waals surface area (Å²) in [5.41, 5.74) is 3.94. The van der Waals surface area contributed by atoms with Crippen LogP contribution in [0.25, 0.3) is 21.1 Å². The molecule has 0 fully saturated rings. The highest BCUT2D eigenvalue weighted by Gasteiger charge is 2.01. The largest absolute Gasteiger partial charge is 0.255 e. The average Bonchev–Trinajstić information content (AvgIpc) is 2.65. The van der Waals surface area contributed by atoms with Gasteiger partial charge in [0.2, 0.25) is 0 Å². The molecular weight excluding hydrogens is 180 g/mol. The molecule has 0 aliphatic carbocycles. The first-order chi connectivity index (χ1) is 6.45. The summed E-state index contributed by atoms with van der Waals surface area (Å²) in [6.07, 6.45) is 1.88. The minimum Gasteiger partial charge on any atom is -0.255 e. The van der Waals surface area contributed by atoms with Gasteiger partial charge < -0.3 is 0 Å². The lowest BCUT2D eigenvalue weighted by molar-refractivity contribution is 1.43. The summed E-state index contributed by atoms with van der Waals surface area (Å²) in [5, 5.41) is 1.14. The molecule has 2 heterocycles. The van der Waals surface area contributed by atoms with Crippen molar-refractivity contribution in [3.8, 4) is 0 Å². The molecule has 0 aliphatic rings. The van der Waals surface area contributed by atoms with Gasteiger partial charge in [-0.15, -0.1) is 11.3 Å². The van der Waals surface area contributed by atoms with Crippen LogP contribution in [0.15, 0.2) is 36.0 Å². The Morgan fingerprint density at radius 2 is 2.00 bits per heavy atom. The van der Waals surface area contributed by atoms with Crippen LogP contribution in [-0.4, -0.2) is 9.97 Å². The standard InChI is InChI=1S/C10H6N2S/c1-2-4-8-7(3-1)10-9(5-11-8)13-6-12-10/h1-6H. The minimum atomic E-state index is 1.01. The van der Waals surface area contributed by atoms with Crippen molar-refractivity contribution >= 4 is 32.5 Å². The maximum Gasteiger partial charge on any atom is 0.0921 e. The van der Waals surface area contributed by atoms with Crippen LogP contribution >= 0.6 is 11.3 Å². The van der Waals surface area contributed by atoms with Crippen molar-refractivity contribution in [1.82, 2.24) is 9.97 Å². The van der Waals surface area contributed by atoms with Crippen LogP contribution in [-0.2, 0) is 0 Å². The first-order valence-corrected chi connectivity index (χ1v) is 4.90. The maximum atomic E-state index is 4.35. The SMILES string of the molecule is c1ccc2c(c1)ncc1scnc12. The zero-order valence-electron chi connectivity index (χ0n) is 6.77. The number of para-hydroxylation sites is 1. The van der Waals surface area contributed by atoms with Crippen LogP contribution in [0.5, 0.6) is 0 Å². The Morgan fingerprint density at radius 3 is 3.00 bits per heavy atom. The lowest BCUT2D eigenvalue weighted by Gasteiger charge is -1.95. The molecule has 0 atom stereocenters. The van der Waals surface area contributed by atoms with Gasteiger partial charge in [-0.05, 0) is 6.07 Å². The van der Waals surface area contributed by atoms with Crippen molar-refractivity contribution in [2.75, 3.05) is 0 Å². The number of aromatic nitrogens is 2. The Kier molecular flexibility index (Phi) is 1.34. The monoisotopic (exact) mass is 186 g/mol. The van der Waals surface area contributed by atoms with Gasteiger partial charge >= 0.3 is 0 Å². The van der Waals surface area contributed by atoms with E-state index in [2.05, 4.69) is 16.0 Å². The quantitative estimate of drug-likeness (QED) is 0.539. The molecule has 0 aliphatic heterocycles. The van der Waals surface area contributed by atoms with Crippen molar-refractivity contribution < 1.29 is 0 Å². The van der Waals surface area contributed by atoms with Crippen molar-refractivity contribution in [3.05, 3.63) is 36.0 Å². The molecule has 2 nitrogen and oxygen atoms in total. The zero-order chi connectivity index (χ0) is 8.67. The van der Waals surface area contributed by atoms with E-state index in [-0.39, 0.29) is 0 Å². The molecule has 3 aromatic rings. The van der Waals surface area contributed by atoms with Gasteiger partial charge in [0.15, 0.2) is 0 Å². The molecule has 3 rings (SSSR count). The molecule has 0 unspecified atom stereocenters. The number of pyridine rings is 1. The van der Waals surface area contributed by atoms with Crippen LogP contribution in [0.4, 0.5) is 0 Å². The van der Waals surface area contributed by atoms with E-state index in [1.54, 1.807) is 11.3 Å². The van der Waals surface area contributed by atoms with Gasteiger partial charge in [-0.1, -0.05) is 18.2 Å². The van der Waals surface area contributed by atoms with Gasteiger partial charge in [-0.2, -0.15) is 0 Å². The van der Waals surface area contributed by atoms with Crippen molar-refractivity contribution in [1.29, 1.82) is 0 Å². The molecule has 3 heteroatoms. The van der Waals surface area contributed by atoms with Gasteiger partial charge in [0.1, 0.15) is 0 Å². The molecule has 13 heavy (non-hydrogen) atoms. The fourth-order valence-electron chi connectivity index (χ4n) is 1.46. The Labute approximate surface area is 78.9 Å². The van der Waals surface area contributed by atoms with Crippen LogP contribution in [0.3, 0.4) is 0 Å². The number of benzene rings is 1. The van der Waals surface area contributed by atoms with Crippen molar-refractivity contribution in [2.45, 2.75) is 0 Å². The van der Waals surface area contributed by atoms with E-state index < -0.39 is 0 Å². The van der Waals surface area contributed by atoms with E-state index in [1.807, 2.05) is 29.9 Å². The van der Waals surface area contributed by atoms with Crippen LogP contribution < -0.4 is 0 Å². The van der Waals surface area contributed by atoms with Gasteiger partial charge in [0.05, 0.1) is 21.2 Å². The van der Waals surface area contributed by atoms with Gasteiger partial charge in [0.25, 0.3) is 0 Å². The second-order valence-corrected chi connectivity index (χ2v) is 3.73. The second-order valence-electron chi connectivity index (χ2n) is 2.84. The lowest BCUT2D eigenvalue weighted by atomic mass is 10.2. The predicted octanol–water partition coefficient (Wildman–Crippen LogP) is 2.84. The zero-order valence-corrected chi connectivity index (χ0v) is 7.58. The summed E-state index contributed by atoms with van der Waals surface area (Å²) in [6, 6.07) is 8.08. The highest BCUT2D eigenvalue weighted by atomic mass is 32.1. The number of fused-ring (bicyclic) bond motifs is 3. The summed E-state index contributed by atoms with van der Waals surface area (Å²) in [4.78, 5) is 8.68. The van der Waals surface area contributed by atoms with Crippen LogP contribution in [0.1, 0.15) is 0 Å². The van der Waals surface area contributed by atoms with E-state index in [9.17, 15) is 0 Å². The predicted molar refractivity (Wildman–Crippen MR) is 54.9 cm³/mol. The Balaban J connectivity index is 2.65. The maximum absolute atomic E-state index is 4.35. The summed E-state index contributed by atoms with van der Waals surface area (Å²) < 4.78 is 1.15. The van der Waals surface area contributed by atoms with Crippen LogP contribution in [0, 0.1) is 0 Å². The normalized spacial score (nSPS) is 11.1. The molecule has 0 radical (unpaired) electrons. The van der Waals surface area contributed by atoms with Gasteiger partial charge in [-0.3, -0.25) is 4.98 Å². The highest BCUT2D eigenvalue weighted by Crippen LogP contribution is 2.24. The molecule has 0 amide bonds. The fraction of sp³-hybridized carbons (Fsp3) is 0. The summed E-state index contributed by atoms with van der Waals surface area (Å²) in [7, 11) is 0. The van der Waals surface area contributed by atoms with E-state index in [1.165, 1.54) is 0 Å². The molecule has 0 spiro atoms. The highest BCUT2D eigenvalue weighted by molar-refractivity contribution is 7.16. The summed E-state index contributed by atoms with van der Waals surface area (Å²) in [6.45, 7) is 0. The number of rotatable bonds is 0. The van der Waals surface area contributed by atoms with E-state index in [0.717, 1.165) is 21.1 Å². The van der Waals surface area contributed by atoms with Crippen LogP contribution in [0.2, 0.25) is 0 Å². The molecular formula is C10H6N2S. The lowest BCUT2D eigenvalue weighted by Crippen LogP contribution is -1.78. The van der Waals surface area contributed by atoms with Crippen molar-refractivity contribution in [2.24, 2.45) is 0 Å². The number of nitrogens with zero attached hydrogens (tertiary/aromatic N) is 2. The number of hydrogen-bond donors (Lipinski definition) is 0. The fourth-order valence-corrected chi connectivity index (χ4v) is 2.12. The smallest absolute Gasteiger partial charge is 0.0921 e. The van der Waals surface area contributed by atoms with Crippen molar-refractivity contribution in [3.63, 3.8) is 0 Å². The molecule has 0 saturated heterocycles. The summed E-state index contributed by atoms with van der Waals surface area (Å²) in [5.74, 6) is 0. The third-order valence-electron chi connectivity index (χ3n) is 2.07. The van der Waals surface area contributed by atoms with Gasteiger partial charge in [0, 0.05) is 11.6 Å². The van der Waals surface area contributed by atoms with Gasteiger partial charge in [-0.25, -0.2) is 4.98 Å².